The van der Waals surface area contributed by atoms with Gasteiger partial charge in [-0.3, -0.25) is 9.00 Å². The Kier molecular flexibility index (Phi) is 4.42. The largest absolute Gasteiger partial charge is 0.315 e. The molecule has 2 N–H and O–H groups in total. The van der Waals surface area contributed by atoms with Gasteiger partial charge in [0.05, 0.1) is 0 Å². The number of aromatic nitrogens is 1. The van der Waals surface area contributed by atoms with Gasteiger partial charge in [-0.25, -0.2) is 13.1 Å². The topological polar surface area (TPSA) is 96.1 Å². The van der Waals surface area contributed by atoms with Crippen molar-refractivity contribution in [3.05, 3.63) is 15.4 Å². The molecule has 0 aliphatic rings. The number of H-pyrrole nitrogens is 1. The second-order valence-electron chi connectivity index (χ2n) is 3.10. The summed E-state index contributed by atoms with van der Waals surface area (Å²) in [6.45, 7) is 1.61. The number of sulfonamides is 1. The quantitative estimate of drug-likeness (QED) is 0.755. The molecule has 0 aliphatic heterocycles. The van der Waals surface area contributed by atoms with Gasteiger partial charge >= 0.3 is 4.87 Å². The van der Waals surface area contributed by atoms with Gasteiger partial charge in [-0.2, -0.15) is 0 Å². The Bertz CT molecular complexity index is 542. The zero-order valence-electron chi connectivity index (χ0n) is 8.77. The number of aromatic amines is 1. The minimum Gasteiger partial charge on any atom is -0.315 e. The van der Waals surface area contributed by atoms with E-state index >= 15 is 0 Å². The zero-order chi connectivity index (χ0) is 12.3. The van der Waals surface area contributed by atoms with Crippen LogP contribution in [0.1, 0.15) is 5.69 Å². The van der Waals surface area contributed by atoms with E-state index in [0.29, 0.717) is 17.0 Å². The van der Waals surface area contributed by atoms with Gasteiger partial charge in [-0.1, -0.05) is 11.3 Å². The maximum Gasteiger partial charge on any atom is 0.305 e. The van der Waals surface area contributed by atoms with Gasteiger partial charge in [-0.05, 0) is 6.92 Å². The molecule has 92 valence electrons. The highest BCUT2D eigenvalue weighted by Crippen LogP contribution is 2.14. The fraction of sp³-hybridized carbons (Fsp3) is 0.571. The Balaban J connectivity index is 2.82. The molecule has 1 unspecified atom stereocenters. The second-order valence-corrected chi connectivity index (χ2v) is 7.60. The van der Waals surface area contributed by atoms with E-state index < -0.39 is 25.7 Å². The molecule has 0 saturated heterocycles. The summed E-state index contributed by atoms with van der Waals surface area (Å²) in [6, 6.07) is 0. The highest BCUT2D eigenvalue weighted by molar-refractivity contribution is 7.91. The van der Waals surface area contributed by atoms with Gasteiger partial charge in [0.2, 0.25) is 0 Å². The van der Waals surface area contributed by atoms with Crippen molar-refractivity contribution in [2.45, 2.75) is 11.1 Å². The molecular weight excluding hydrogens is 272 g/mol. The monoisotopic (exact) mass is 284 g/mol. The van der Waals surface area contributed by atoms with E-state index in [0.717, 1.165) is 0 Å². The fourth-order valence-electron chi connectivity index (χ4n) is 1.03. The third-order valence-corrected chi connectivity index (χ3v) is 5.55. The van der Waals surface area contributed by atoms with Gasteiger partial charge in [0.1, 0.15) is 0 Å². The molecule has 0 saturated carbocycles. The van der Waals surface area contributed by atoms with E-state index in [1.165, 1.54) is 13.2 Å². The lowest BCUT2D eigenvalue weighted by molar-refractivity contribution is 0.585. The summed E-state index contributed by atoms with van der Waals surface area (Å²) in [4.78, 5) is 13.0. The van der Waals surface area contributed by atoms with Crippen molar-refractivity contribution in [1.29, 1.82) is 0 Å². The summed E-state index contributed by atoms with van der Waals surface area (Å²) in [7, 11) is -4.71. The fourth-order valence-corrected chi connectivity index (χ4v) is 3.93. The average Bonchev–Trinajstić information content (AvgIpc) is 2.44. The molecule has 0 bridgehead atoms. The third-order valence-electron chi connectivity index (χ3n) is 1.71. The molecule has 16 heavy (non-hydrogen) atoms. The van der Waals surface area contributed by atoms with Crippen molar-refractivity contribution in [2.75, 3.05) is 18.6 Å². The second kappa shape index (κ2) is 5.21. The number of hydrogen-bond acceptors (Lipinski definition) is 5. The zero-order valence-corrected chi connectivity index (χ0v) is 11.2. The summed E-state index contributed by atoms with van der Waals surface area (Å²) in [5, 5.41) is 0. The molecule has 0 spiro atoms. The molecule has 0 radical (unpaired) electrons. The average molecular weight is 284 g/mol. The highest BCUT2D eigenvalue weighted by atomic mass is 32.2. The summed E-state index contributed by atoms with van der Waals surface area (Å²) < 4.78 is 36.4. The van der Waals surface area contributed by atoms with E-state index in [1.807, 2.05) is 0 Å². The van der Waals surface area contributed by atoms with E-state index in [1.54, 1.807) is 0 Å². The molecular formula is C7H12N2O4S3. The van der Waals surface area contributed by atoms with Gasteiger partial charge in [-0.15, -0.1) is 0 Å². The Morgan fingerprint density at radius 3 is 2.56 bits per heavy atom. The van der Waals surface area contributed by atoms with Crippen LogP contribution in [-0.4, -0.2) is 36.2 Å². The lowest BCUT2D eigenvalue weighted by Crippen LogP contribution is -2.27. The molecule has 0 fully saturated rings. The first-order valence-electron chi connectivity index (χ1n) is 4.32. The van der Waals surface area contributed by atoms with Crippen molar-refractivity contribution in [3.63, 3.8) is 0 Å². The van der Waals surface area contributed by atoms with Crippen molar-refractivity contribution in [1.82, 2.24) is 9.71 Å². The molecule has 1 aromatic rings. The number of thiazole rings is 1. The van der Waals surface area contributed by atoms with Crippen LogP contribution >= 0.6 is 11.3 Å². The van der Waals surface area contributed by atoms with Crippen LogP contribution < -0.4 is 9.60 Å². The van der Waals surface area contributed by atoms with Gasteiger partial charge in [0, 0.05) is 35.0 Å². The normalized spacial score (nSPS) is 13.9. The predicted molar refractivity (Wildman–Crippen MR) is 63.8 cm³/mol. The van der Waals surface area contributed by atoms with Gasteiger partial charge in [0.15, 0.2) is 4.21 Å². The Morgan fingerprint density at radius 2 is 2.12 bits per heavy atom. The molecule has 1 atom stereocenters. The first-order valence-corrected chi connectivity index (χ1v) is 8.35. The van der Waals surface area contributed by atoms with Gasteiger partial charge in [0.25, 0.3) is 10.0 Å². The van der Waals surface area contributed by atoms with Crippen LogP contribution in [-0.2, 0) is 20.8 Å². The Morgan fingerprint density at radius 1 is 1.50 bits per heavy atom. The minimum atomic E-state index is -3.66. The smallest absolute Gasteiger partial charge is 0.305 e. The molecule has 6 nitrogen and oxygen atoms in total. The Hall–Kier alpha value is -0.510. The standard InChI is InChI=1S/C7H12N2O4S3/c1-5-6(14-7(10)9-5)16(12,13)8-3-4-15(2)11/h8H,3-4H2,1-2H3,(H,9,10). The van der Waals surface area contributed by atoms with E-state index in [-0.39, 0.29) is 16.5 Å². The maximum atomic E-state index is 11.7. The molecule has 1 aromatic heterocycles. The van der Waals surface area contributed by atoms with Crippen LogP contribution in [0.15, 0.2) is 9.00 Å². The van der Waals surface area contributed by atoms with Crippen molar-refractivity contribution in [3.8, 4) is 0 Å². The van der Waals surface area contributed by atoms with Crippen LogP contribution in [0.4, 0.5) is 0 Å². The van der Waals surface area contributed by atoms with Crippen LogP contribution in [0.25, 0.3) is 0 Å². The third kappa shape index (κ3) is 3.51. The lowest BCUT2D eigenvalue weighted by atomic mass is 10.6. The van der Waals surface area contributed by atoms with Crippen LogP contribution in [0.2, 0.25) is 0 Å². The summed E-state index contributed by atoms with van der Waals surface area (Å²) in [5.41, 5.74) is 0.320. The Labute approximate surface area is 99.6 Å². The minimum absolute atomic E-state index is 0.0145. The lowest BCUT2D eigenvalue weighted by Gasteiger charge is -2.03. The highest BCUT2D eigenvalue weighted by Gasteiger charge is 2.19. The van der Waals surface area contributed by atoms with E-state index in [4.69, 9.17) is 0 Å². The van der Waals surface area contributed by atoms with E-state index in [2.05, 4.69) is 9.71 Å². The first-order chi connectivity index (χ1) is 7.33. The number of hydrogen-bond donors (Lipinski definition) is 2. The molecule has 1 rings (SSSR count). The van der Waals surface area contributed by atoms with E-state index in [9.17, 15) is 17.4 Å². The number of nitrogens with one attached hydrogen (secondary N) is 2. The molecule has 1 heterocycles. The van der Waals surface area contributed by atoms with Crippen LogP contribution in [0.3, 0.4) is 0 Å². The molecule has 9 heteroatoms. The molecule has 0 aromatic carbocycles. The van der Waals surface area contributed by atoms with Crippen molar-refractivity contribution >= 4 is 32.2 Å². The SMILES string of the molecule is Cc1[nH]c(=O)sc1S(=O)(=O)NCCS(C)=O. The van der Waals surface area contributed by atoms with Crippen LogP contribution in [0.5, 0.6) is 0 Å². The number of aryl methyl sites for hydroxylation is 1. The van der Waals surface area contributed by atoms with Crippen LogP contribution in [0, 0.1) is 6.92 Å². The van der Waals surface area contributed by atoms with Gasteiger partial charge < -0.3 is 4.98 Å². The molecule has 0 aliphatic carbocycles. The predicted octanol–water partition coefficient (Wildman–Crippen LogP) is -0.598. The maximum absolute atomic E-state index is 11.7. The summed E-state index contributed by atoms with van der Waals surface area (Å²) in [5.74, 6) is 0.248. The molecule has 0 amide bonds. The summed E-state index contributed by atoms with van der Waals surface area (Å²) in [6.07, 6.45) is 1.49. The first kappa shape index (κ1) is 13.6. The van der Waals surface area contributed by atoms with Crippen molar-refractivity contribution < 1.29 is 12.6 Å². The van der Waals surface area contributed by atoms with Crippen molar-refractivity contribution in [2.24, 2.45) is 0 Å². The summed E-state index contributed by atoms with van der Waals surface area (Å²) >= 11 is 0.643. The number of rotatable bonds is 5.